The molecule has 0 aliphatic carbocycles. The van der Waals surface area contributed by atoms with E-state index >= 15 is 4.39 Å². The summed E-state index contributed by atoms with van der Waals surface area (Å²) >= 11 is 0. The third-order valence-corrected chi connectivity index (χ3v) is 7.76. The van der Waals surface area contributed by atoms with Gasteiger partial charge in [0.15, 0.2) is 5.82 Å². The predicted molar refractivity (Wildman–Crippen MR) is 143 cm³/mol. The van der Waals surface area contributed by atoms with Crippen molar-refractivity contribution in [2.75, 3.05) is 13.1 Å². The standard InChI is InChI=1S/C29H39FN4O4/c1-18-6-5-7-19(2)29(38-27(37)17-24(36)9-8-18)20(3)14-22-15-25(30)28-26(16-22)34(32-31-28)23-10-12-33(13-11-23)21(4)35/h5,7,14-16,18-19,23-24,29,36H,6,8-13,17H2,1-4H3/b7-5+,20-14+/t18-,19-,24+,29-/m0/s1. The van der Waals surface area contributed by atoms with Crippen LogP contribution in [0.5, 0.6) is 0 Å². The monoisotopic (exact) mass is 526 g/mol. The first-order chi connectivity index (χ1) is 18.1. The molecule has 1 aromatic heterocycles. The Bertz CT molecular complexity index is 1210. The lowest BCUT2D eigenvalue weighted by atomic mass is 9.93. The number of esters is 1. The maximum Gasteiger partial charge on any atom is 0.309 e. The zero-order valence-electron chi connectivity index (χ0n) is 22.8. The highest BCUT2D eigenvalue weighted by atomic mass is 19.1. The molecule has 1 fully saturated rings. The van der Waals surface area contributed by atoms with Gasteiger partial charge in [-0.15, -0.1) is 5.10 Å². The number of carbonyl (C=O) groups is 2. The van der Waals surface area contributed by atoms with E-state index in [1.807, 2.05) is 30.9 Å². The lowest BCUT2D eigenvalue weighted by Crippen LogP contribution is -2.37. The van der Waals surface area contributed by atoms with Crippen molar-refractivity contribution in [1.82, 2.24) is 19.9 Å². The van der Waals surface area contributed by atoms with Crippen LogP contribution in [-0.4, -0.2) is 62.2 Å². The summed E-state index contributed by atoms with van der Waals surface area (Å²) < 4.78 is 22.7. The smallest absolute Gasteiger partial charge is 0.309 e. The largest absolute Gasteiger partial charge is 0.457 e. The number of fused-ring (bicyclic) bond motifs is 1. The van der Waals surface area contributed by atoms with E-state index in [9.17, 15) is 14.7 Å². The lowest BCUT2D eigenvalue weighted by molar-refractivity contribution is -0.151. The number of aliphatic hydroxyl groups is 1. The molecule has 0 unspecified atom stereocenters. The highest BCUT2D eigenvalue weighted by Crippen LogP contribution is 2.29. The maximum absolute atomic E-state index is 15.1. The van der Waals surface area contributed by atoms with Crippen molar-refractivity contribution in [2.45, 2.75) is 84.5 Å². The van der Waals surface area contributed by atoms with E-state index in [2.05, 4.69) is 29.4 Å². The Hall–Kier alpha value is -3.07. The molecule has 8 nitrogen and oxygen atoms in total. The molecule has 1 saturated heterocycles. The molecule has 2 aliphatic rings. The number of aliphatic hydroxyl groups excluding tert-OH is 1. The Morgan fingerprint density at radius 1 is 1.16 bits per heavy atom. The van der Waals surface area contributed by atoms with E-state index in [4.69, 9.17) is 4.74 Å². The quantitative estimate of drug-likeness (QED) is 0.454. The van der Waals surface area contributed by atoms with E-state index in [-0.39, 0.29) is 29.8 Å². The fraction of sp³-hybridized carbons (Fsp3) is 0.586. The summed E-state index contributed by atoms with van der Waals surface area (Å²) in [6.45, 7) is 8.85. The van der Waals surface area contributed by atoms with Gasteiger partial charge in [-0.2, -0.15) is 0 Å². The van der Waals surface area contributed by atoms with Crippen molar-refractivity contribution in [3.63, 3.8) is 0 Å². The molecule has 0 bridgehead atoms. The molecule has 2 aromatic rings. The van der Waals surface area contributed by atoms with Crippen molar-refractivity contribution < 1.29 is 23.8 Å². The summed E-state index contributed by atoms with van der Waals surface area (Å²) in [6, 6.07) is 3.32. The third kappa shape index (κ3) is 6.67. The number of rotatable bonds is 3. The Kier molecular flexibility index (Phi) is 8.97. The zero-order valence-corrected chi connectivity index (χ0v) is 22.8. The number of hydrogen-bond donors (Lipinski definition) is 1. The van der Waals surface area contributed by atoms with Crippen LogP contribution >= 0.6 is 0 Å². The molecule has 9 heteroatoms. The number of halogens is 1. The number of nitrogens with zero attached hydrogens (tertiary/aromatic N) is 4. The first kappa shape index (κ1) is 28.0. The Morgan fingerprint density at radius 3 is 2.61 bits per heavy atom. The van der Waals surface area contributed by atoms with Gasteiger partial charge in [-0.25, -0.2) is 9.07 Å². The molecule has 4 atom stereocenters. The topological polar surface area (TPSA) is 97.5 Å². The molecule has 4 rings (SSSR count). The second-order valence-electron chi connectivity index (χ2n) is 11.0. The number of likely N-dealkylation sites (tertiary alicyclic amines) is 1. The van der Waals surface area contributed by atoms with E-state index in [1.54, 1.807) is 11.6 Å². The van der Waals surface area contributed by atoms with Gasteiger partial charge in [0.25, 0.3) is 0 Å². The van der Waals surface area contributed by atoms with Gasteiger partial charge in [0.1, 0.15) is 11.6 Å². The molecule has 1 aromatic carbocycles. The normalized spacial score (nSPS) is 27.5. The predicted octanol–water partition coefficient (Wildman–Crippen LogP) is 4.83. The van der Waals surface area contributed by atoms with Crippen LogP contribution < -0.4 is 0 Å². The number of allylic oxidation sites excluding steroid dienone is 1. The Labute approximate surface area is 223 Å². The minimum absolute atomic E-state index is 0.0292. The van der Waals surface area contributed by atoms with Crippen molar-refractivity contribution >= 4 is 29.0 Å². The summed E-state index contributed by atoms with van der Waals surface area (Å²) in [6.07, 6.45) is 8.48. The molecule has 206 valence electrons. The van der Waals surface area contributed by atoms with Gasteiger partial charge in [-0.1, -0.05) is 37.3 Å². The molecule has 1 N–H and O–H groups in total. The molecule has 0 radical (unpaired) electrons. The van der Waals surface area contributed by atoms with Crippen LogP contribution in [0.4, 0.5) is 4.39 Å². The zero-order chi connectivity index (χ0) is 27.4. The minimum Gasteiger partial charge on any atom is -0.457 e. The summed E-state index contributed by atoms with van der Waals surface area (Å²) in [5, 5.41) is 18.6. The number of piperidine rings is 1. The molecular formula is C29H39FN4O4. The first-order valence-electron chi connectivity index (χ1n) is 13.6. The number of benzene rings is 1. The van der Waals surface area contributed by atoms with Gasteiger partial charge >= 0.3 is 5.97 Å². The van der Waals surface area contributed by atoms with E-state index in [1.165, 1.54) is 6.07 Å². The number of ether oxygens (including phenoxy) is 1. The van der Waals surface area contributed by atoms with Crippen LogP contribution in [0.25, 0.3) is 17.1 Å². The van der Waals surface area contributed by atoms with Crippen LogP contribution in [0.2, 0.25) is 0 Å². The van der Waals surface area contributed by atoms with E-state index < -0.39 is 24.0 Å². The number of aromatic nitrogens is 3. The van der Waals surface area contributed by atoms with Crippen molar-refractivity contribution in [1.29, 1.82) is 0 Å². The minimum atomic E-state index is -0.722. The molecule has 0 spiro atoms. The van der Waals surface area contributed by atoms with Gasteiger partial charge in [0.2, 0.25) is 5.91 Å². The van der Waals surface area contributed by atoms with Gasteiger partial charge in [0.05, 0.1) is 24.1 Å². The fourth-order valence-corrected chi connectivity index (χ4v) is 5.46. The van der Waals surface area contributed by atoms with Crippen LogP contribution in [0.1, 0.15) is 77.8 Å². The van der Waals surface area contributed by atoms with Gasteiger partial charge in [0, 0.05) is 25.9 Å². The maximum atomic E-state index is 15.1. The average molecular weight is 527 g/mol. The van der Waals surface area contributed by atoms with Crippen LogP contribution in [-0.2, 0) is 14.3 Å². The summed E-state index contributed by atoms with van der Waals surface area (Å²) in [7, 11) is 0. The highest BCUT2D eigenvalue weighted by molar-refractivity contribution is 5.79. The summed E-state index contributed by atoms with van der Waals surface area (Å²) in [4.78, 5) is 26.2. The molecular weight excluding hydrogens is 487 g/mol. The average Bonchev–Trinajstić information content (AvgIpc) is 3.30. The van der Waals surface area contributed by atoms with Crippen molar-refractivity contribution in [2.24, 2.45) is 11.8 Å². The molecule has 2 aliphatic heterocycles. The third-order valence-electron chi connectivity index (χ3n) is 7.76. The highest BCUT2D eigenvalue weighted by Gasteiger charge is 2.26. The Morgan fingerprint density at radius 2 is 1.89 bits per heavy atom. The number of hydrogen-bond acceptors (Lipinski definition) is 6. The fourth-order valence-electron chi connectivity index (χ4n) is 5.46. The van der Waals surface area contributed by atoms with E-state index in [0.29, 0.717) is 36.5 Å². The number of carbonyl (C=O) groups excluding carboxylic acids is 2. The van der Waals surface area contributed by atoms with Crippen LogP contribution in [0.3, 0.4) is 0 Å². The van der Waals surface area contributed by atoms with Gasteiger partial charge in [-0.05, 0) is 68.2 Å². The molecule has 1 amide bonds. The van der Waals surface area contributed by atoms with Gasteiger partial charge in [-0.3, -0.25) is 9.59 Å². The lowest BCUT2D eigenvalue weighted by Gasteiger charge is -2.31. The first-order valence-corrected chi connectivity index (χ1v) is 13.6. The SMILES string of the molecule is CC(=O)N1CCC(n2nnc3c(F)cc(/C=C(\C)[C@H]4OC(=O)C[C@H](O)CC[C@@H](C)C/C=C/[C@@H]4C)cc32)CC1. The molecule has 38 heavy (non-hydrogen) atoms. The van der Waals surface area contributed by atoms with Gasteiger partial charge < -0.3 is 14.7 Å². The van der Waals surface area contributed by atoms with Crippen LogP contribution in [0, 0.1) is 17.7 Å². The van der Waals surface area contributed by atoms with E-state index in [0.717, 1.165) is 31.3 Å². The summed E-state index contributed by atoms with van der Waals surface area (Å²) in [5.74, 6) is -0.520. The van der Waals surface area contributed by atoms with Crippen molar-refractivity contribution in [3.8, 4) is 0 Å². The van der Waals surface area contributed by atoms with Crippen LogP contribution in [0.15, 0.2) is 29.9 Å². The Balaban J connectivity index is 1.61. The van der Waals surface area contributed by atoms with Crippen molar-refractivity contribution in [3.05, 3.63) is 41.2 Å². The number of amides is 1. The second kappa shape index (κ2) is 12.2. The molecule has 0 saturated carbocycles. The second-order valence-corrected chi connectivity index (χ2v) is 11.0. The number of cyclic esters (lactones) is 1. The molecule has 3 heterocycles. The summed E-state index contributed by atoms with van der Waals surface area (Å²) in [5.41, 5.74) is 2.23.